The summed E-state index contributed by atoms with van der Waals surface area (Å²) in [6.07, 6.45) is 1.50. The van der Waals surface area contributed by atoms with Crippen LogP contribution in [-0.2, 0) is 21.2 Å². The van der Waals surface area contributed by atoms with Gasteiger partial charge in [0, 0.05) is 18.4 Å². The van der Waals surface area contributed by atoms with Crippen molar-refractivity contribution in [2.45, 2.75) is 58.3 Å². The molecule has 1 aromatic heterocycles. The van der Waals surface area contributed by atoms with Crippen molar-refractivity contribution in [1.82, 2.24) is 9.78 Å². The standard InChI is InChI=1S/C25H28N4O4S/c1-5-7-20-24(25-26-22(30)12-13-23(31)29(25)27-20)18-11-10-16(3)21(14-18)34(32,33)28-19-9-6-8-15(2)17(19)4/h6,8-11,14,28H,5,7,12-13H2,1-4H3,(H,26,30). The molecule has 0 spiro atoms. The van der Waals surface area contributed by atoms with E-state index >= 15 is 0 Å². The van der Waals surface area contributed by atoms with Crippen molar-refractivity contribution in [2.24, 2.45) is 0 Å². The Morgan fingerprint density at radius 3 is 2.56 bits per heavy atom. The Kier molecular flexibility index (Phi) is 6.31. The number of fused-ring (bicyclic) bond motifs is 1. The van der Waals surface area contributed by atoms with E-state index < -0.39 is 10.0 Å². The summed E-state index contributed by atoms with van der Waals surface area (Å²) < 4.78 is 30.8. The van der Waals surface area contributed by atoms with Crippen LogP contribution in [0.2, 0.25) is 0 Å². The number of sulfonamides is 1. The molecule has 0 atom stereocenters. The molecular formula is C25H28N4O4S. The molecule has 3 aromatic rings. The van der Waals surface area contributed by atoms with Crippen LogP contribution in [0.5, 0.6) is 0 Å². The van der Waals surface area contributed by atoms with Crippen molar-refractivity contribution in [3.63, 3.8) is 0 Å². The van der Waals surface area contributed by atoms with E-state index in [1.54, 1.807) is 31.2 Å². The number of benzene rings is 2. The third-order valence-electron chi connectivity index (χ3n) is 6.12. The van der Waals surface area contributed by atoms with Crippen LogP contribution in [0.25, 0.3) is 11.1 Å². The van der Waals surface area contributed by atoms with Crippen LogP contribution in [0, 0.1) is 20.8 Å². The molecule has 1 aliphatic rings. The molecule has 34 heavy (non-hydrogen) atoms. The van der Waals surface area contributed by atoms with Gasteiger partial charge in [-0.1, -0.05) is 37.6 Å². The van der Waals surface area contributed by atoms with Gasteiger partial charge in [0.1, 0.15) is 5.82 Å². The highest BCUT2D eigenvalue weighted by atomic mass is 32.2. The average molecular weight is 481 g/mol. The minimum Gasteiger partial charge on any atom is -0.310 e. The highest BCUT2D eigenvalue weighted by Gasteiger charge is 2.28. The molecule has 0 bridgehead atoms. The van der Waals surface area contributed by atoms with Gasteiger partial charge in [0.05, 0.1) is 16.3 Å². The number of aryl methyl sites for hydroxylation is 3. The van der Waals surface area contributed by atoms with Gasteiger partial charge in [0.15, 0.2) is 0 Å². The zero-order valence-electron chi connectivity index (χ0n) is 19.7. The molecule has 0 fully saturated rings. The molecule has 2 aromatic carbocycles. The molecule has 0 saturated carbocycles. The lowest BCUT2D eigenvalue weighted by atomic mass is 10.0. The van der Waals surface area contributed by atoms with Crippen LogP contribution in [0.1, 0.15) is 53.4 Å². The van der Waals surface area contributed by atoms with Crippen LogP contribution in [-0.4, -0.2) is 30.0 Å². The van der Waals surface area contributed by atoms with Crippen LogP contribution < -0.4 is 10.0 Å². The number of amides is 1. The molecule has 9 heteroatoms. The lowest BCUT2D eigenvalue weighted by Gasteiger charge is -2.15. The lowest BCUT2D eigenvalue weighted by Crippen LogP contribution is -2.15. The van der Waals surface area contributed by atoms with E-state index in [4.69, 9.17) is 0 Å². The van der Waals surface area contributed by atoms with E-state index in [1.165, 1.54) is 4.68 Å². The summed E-state index contributed by atoms with van der Waals surface area (Å²) in [4.78, 5) is 25.0. The van der Waals surface area contributed by atoms with E-state index in [-0.39, 0.29) is 29.6 Å². The minimum atomic E-state index is -3.90. The molecule has 2 N–H and O–H groups in total. The molecule has 0 aliphatic carbocycles. The van der Waals surface area contributed by atoms with E-state index in [0.717, 1.165) is 17.5 Å². The summed E-state index contributed by atoms with van der Waals surface area (Å²) in [5.74, 6) is -0.244. The first-order valence-electron chi connectivity index (χ1n) is 11.3. The first-order chi connectivity index (χ1) is 16.1. The Bertz CT molecular complexity index is 1410. The van der Waals surface area contributed by atoms with Crippen LogP contribution in [0.15, 0.2) is 41.3 Å². The van der Waals surface area contributed by atoms with Crippen LogP contribution >= 0.6 is 0 Å². The number of aromatic nitrogens is 2. The predicted molar refractivity (Wildman–Crippen MR) is 132 cm³/mol. The zero-order valence-corrected chi connectivity index (χ0v) is 20.5. The van der Waals surface area contributed by atoms with Gasteiger partial charge in [-0.25, -0.2) is 8.42 Å². The van der Waals surface area contributed by atoms with Gasteiger partial charge >= 0.3 is 0 Å². The highest BCUT2D eigenvalue weighted by molar-refractivity contribution is 7.92. The average Bonchev–Trinajstić information content (AvgIpc) is 3.06. The second-order valence-corrected chi connectivity index (χ2v) is 10.3. The molecule has 0 saturated heterocycles. The van der Waals surface area contributed by atoms with Gasteiger partial charge < -0.3 is 5.32 Å². The van der Waals surface area contributed by atoms with Crippen molar-refractivity contribution in [3.05, 3.63) is 58.8 Å². The second-order valence-electron chi connectivity index (χ2n) is 8.61. The van der Waals surface area contributed by atoms with Crippen molar-refractivity contribution in [2.75, 3.05) is 10.0 Å². The molecular weight excluding hydrogens is 452 g/mol. The molecule has 4 rings (SSSR count). The monoisotopic (exact) mass is 480 g/mol. The molecule has 1 amide bonds. The molecule has 0 unspecified atom stereocenters. The van der Waals surface area contributed by atoms with Gasteiger partial charge in [-0.2, -0.15) is 9.78 Å². The van der Waals surface area contributed by atoms with Crippen molar-refractivity contribution in [1.29, 1.82) is 0 Å². The number of nitrogens with one attached hydrogen (secondary N) is 2. The maximum atomic E-state index is 13.4. The lowest BCUT2D eigenvalue weighted by molar-refractivity contribution is -0.116. The molecule has 8 nitrogen and oxygen atoms in total. The van der Waals surface area contributed by atoms with Gasteiger partial charge in [-0.05, 0) is 61.6 Å². The first-order valence-corrected chi connectivity index (χ1v) is 12.8. The van der Waals surface area contributed by atoms with Gasteiger partial charge in [-0.3, -0.25) is 14.3 Å². The number of hydrogen-bond donors (Lipinski definition) is 2. The Hall–Kier alpha value is -3.46. The van der Waals surface area contributed by atoms with E-state index in [1.807, 2.05) is 32.9 Å². The number of carbonyl (C=O) groups is 2. The SMILES string of the molecule is CCCc1nn2c(c1-c1ccc(C)c(S(=O)(=O)Nc3cccc(C)c3C)c1)NC(=O)CCC2=O. The van der Waals surface area contributed by atoms with Gasteiger partial charge in [0.2, 0.25) is 11.8 Å². The van der Waals surface area contributed by atoms with Gasteiger partial charge in [0.25, 0.3) is 10.0 Å². The maximum Gasteiger partial charge on any atom is 0.262 e. The largest absolute Gasteiger partial charge is 0.310 e. The van der Waals surface area contributed by atoms with Crippen LogP contribution in [0.3, 0.4) is 0 Å². The Balaban J connectivity index is 1.85. The second kappa shape index (κ2) is 9.06. The van der Waals surface area contributed by atoms with E-state index in [0.29, 0.717) is 40.3 Å². The fourth-order valence-corrected chi connectivity index (χ4v) is 5.50. The number of carbonyl (C=O) groups excluding carboxylic acids is 2. The highest BCUT2D eigenvalue weighted by Crippen LogP contribution is 2.36. The van der Waals surface area contributed by atoms with Crippen molar-refractivity contribution >= 4 is 33.3 Å². The smallest absolute Gasteiger partial charge is 0.262 e. The third kappa shape index (κ3) is 4.35. The molecule has 0 radical (unpaired) electrons. The number of rotatable bonds is 6. The van der Waals surface area contributed by atoms with Crippen LogP contribution in [0.4, 0.5) is 11.5 Å². The number of anilines is 2. The summed E-state index contributed by atoms with van der Waals surface area (Å²) in [7, 11) is -3.90. The summed E-state index contributed by atoms with van der Waals surface area (Å²) in [5, 5.41) is 7.28. The normalized spacial score (nSPS) is 13.9. The topological polar surface area (TPSA) is 110 Å². The quantitative estimate of drug-likeness (QED) is 0.536. The predicted octanol–water partition coefficient (Wildman–Crippen LogP) is 4.60. The molecule has 178 valence electrons. The fourth-order valence-electron chi connectivity index (χ4n) is 4.10. The zero-order chi connectivity index (χ0) is 24.6. The number of hydrogen-bond acceptors (Lipinski definition) is 5. The third-order valence-corrected chi connectivity index (χ3v) is 7.63. The summed E-state index contributed by atoms with van der Waals surface area (Å²) in [6.45, 7) is 7.52. The molecule has 1 aliphatic heterocycles. The summed E-state index contributed by atoms with van der Waals surface area (Å²) >= 11 is 0. The van der Waals surface area contributed by atoms with E-state index in [2.05, 4.69) is 15.1 Å². The Morgan fingerprint density at radius 2 is 1.82 bits per heavy atom. The molecule has 2 heterocycles. The summed E-state index contributed by atoms with van der Waals surface area (Å²) in [5.41, 5.74) is 4.74. The minimum absolute atomic E-state index is 0.0683. The van der Waals surface area contributed by atoms with Crippen molar-refractivity contribution in [3.8, 4) is 11.1 Å². The number of nitrogens with zero attached hydrogens (tertiary/aromatic N) is 2. The maximum absolute atomic E-state index is 13.4. The van der Waals surface area contributed by atoms with E-state index in [9.17, 15) is 18.0 Å². The van der Waals surface area contributed by atoms with Gasteiger partial charge in [-0.15, -0.1) is 0 Å². The Labute approximate surface area is 199 Å². The summed E-state index contributed by atoms with van der Waals surface area (Å²) in [6, 6.07) is 10.6. The van der Waals surface area contributed by atoms with Crippen molar-refractivity contribution < 1.29 is 18.0 Å². The Morgan fingerprint density at radius 1 is 1.06 bits per heavy atom. The fraction of sp³-hybridized carbons (Fsp3) is 0.320. The first kappa shape index (κ1) is 23.7.